The summed E-state index contributed by atoms with van der Waals surface area (Å²) in [4.78, 5) is 26.3. The molecule has 0 radical (unpaired) electrons. The van der Waals surface area contributed by atoms with Crippen LogP contribution in [-0.4, -0.2) is 43.3 Å². The lowest BCUT2D eigenvalue weighted by atomic mass is 10.0. The van der Waals surface area contributed by atoms with Gasteiger partial charge in [-0.2, -0.15) is 0 Å². The van der Waals surface area contributed by atoms with Crippen molar-refractivity contribution in [1.29, 1.82) is 0 Å². The predicted molar refractivity (Wildman–Crippen MR) is 134 cm³/mol. The first-order chi connectivity index (χ1) is 15.5. The maximum atomic E-state index is 12.6. The topological polar surface area (TPSA) is 55.8 Å². The highest BCUT2D eigenvalue weighted by molar-refractivity contribution is 5.81. The van der Waals surface area contributed by atoms with E-state index in [1.54, 1.807) is 7.05 Å². The van der Waals surface area contributed by atoms with Crippen LogP contribution in [0.25, 0.3) is 0 Å². The molecule has 1 atom stereocenters. The molecule has 0 aromatic rings. The fourth-order valence-electron chi connectivity index (χ4n) is 3.98. The van der Waals surface area contributed by atoms with Crippen molar-refractivity contribution in [3.63, 3.8) is 0 Å². The average Bonchev–Trinajstić information content (AvgIpc) is 2.76. The largest absolute Gasteiger partial charge is 0.464 e. The Morgan fingerprint density at radius 3 is 1.44 bits per heavy atom. The van der Waals surface area contributed by atoms with Crippen molar-refractivity contribution in [2.45, 2.75) is 136 Å². The zero-order valence-corrected chi connectivity index (χ0v) is 22.0. The van der Waals surface area contributed by atoms with Crippen LogP contribution in [0.5, 0.6) is 0 Å². The summed E-state index contributed by atoms with van der Waals surface area (Å²) in [5.74, 6) is -0.351. The molecular weight excluding hydrogens is 402 g/mol. The van der Waals surface area contributed by atoms with Gasteiger partial charge in [0.05, 0.1) is 13.2 Å². The summed E-state index contributed by atoms with van der Waals surface area (Å²) in [6.07, 6.45) is 19.1. The number of carbonyl (C=O) groups excluding carboxylic acids is 2. The smallest absolute Gasteiger partial charge is 0.410 e. The lowest BCUT2D eigenvalue weighted by Crippen LogP contribution is -2.46. The monoisotopic (exact) mass is 455 g/mol. The van der Waals surface area contributed by atoms with Crippen molar-refractivity contribution in [3.8, 4) is 0 Å². The summed E-state index contributed by atoms with van der Waals surface area (Å²) >= 11 is 0. The van der Waals surface area contributed by atoms with E-state index in [0.29, 0.717) is 13.2 Å². The molecule has 0 fully saturated rings. The minimum absolute atomic E-state index is 0.0258. The zero-order valence-electron chi connectivity index (χ0n) is 22.0. The number of likely N-dealkylation sites (N-methyl/N-ethyl adjacent to an activating group) is 1. The first-order valence-electron chi connectivity index (χ1n) is 13.5. The quantitative estimate of drug-likeness (QED) is 0.130. The van der Waals surface area contributed by atoms with Crippen LogP contribution in [0.15, 0.2) is 0 Å². The Balaban J connectivity index is 3.91. The molecule has 0 heterocycles. The summed E-state index contributed by atoms with van der Waals surface area (Å²) in [5.41, 5.74) is 0. The van der Waals surface area contributed by atoms with Gasteiger partial charge in [0.1, 0.15) is 6.04 Å². The molecule has 1 unspecified atom stereocenters. The average molecular weight is 456 g/mol. The van der Waals surface area contributed by atoms with Gasteiger partial charge in [0, 0.05) is 7.05 Å². The van der Waals surface area contributed by atoms with Crippen LogP contribution in [0.2, 0.25) is 0 Å². The van der Waals surface area contributed by atoms with Gasteiger partial charge in [-0.05, 0) is 18.8 Å². The molecule has 32 heavy (non-hydrogen) atoms. The third kappa shape index (κ3) is 16.4. The normalized spacial score (nSPS) is 12.1. The summed E-state index contributed by atoms with van der Waals surface area (Å²) in [6, 6.07) is -0.601. The lowest BCUT2D eigenvalue weighted by molar-refractivity contribution is -0.150. The van der Waals surface area contributed by atoms with E-state index in [-0.39, 0.29) is 11.9 Å². The van der Waals surface area contributed by atoms with Crippen LogP contribution in [0, 0.1) is 5.92 Å². The Bertz CT molecular complexity index is 453. The number of ether oxygens (including phenoxy) is 2. The van der Waals surface area contributed by atoms with Gasteiger partial charge in [-0.1, -0.05) is 118 Å². The fraction of sp³-hybridized carbons (Fsp3) is 0.926. The lowest BCUT2D eigenvalue weighted by Gasteiger charge is -2.28. The van der Waals surface area contributed by atoms with Crippen LogP contribution >= 0.6 is 0 Å². The minimum atomic E-state index is -0.601. The fourth-order valence-corrected chi connectivity index (χ4v) is 3.98. The van der Waals surface area contributed by atoms with Crippen molar-refractivity contribution in [2.24, 2.45) is 5.92 Å². The number of unbranched alkanes of at least 4 members (excludes halogenated alkanes) is 14. The highest BCUT2D eigenvalue weighted by atomic mass is 16.6. The highest BCUT2D eigenvalue weighted by Gasteiger charge is 2.32. The molecule has 0 saturated heterocycles. The maximum absolute atomic E-state index is 12.6. The van der Waals surface area contributed by atoms with E-state index in [0.717, 1.165) is 38.5 Å². The minimum Gasteiger partial charge on any atom is -0.464 e. The van der Waals surface area contributed by atoms with Gasteiger partial charge in [-0.3, -0.25) is 4.90 Å². The summed E-state index contributed by atoms with van der Waals surface area (Å²) in [6.45, 7) is 9.11. The number of hydrogen-bond donors (Lipinski definition) is 0. The van der Waals surface area contributed by atoms with E-state index in [4.69, 9.17) is 9.47 Å². The maximum Gasteiger partial charge on any atom is 0.410 e. The van der Waals surface area contributed by atoms with Gasteiger partial charge in [0.25, 0.3) is 0 Å². The molecule has 0 bridgehead atoms. The summed E-state index contributed by atoms with van der Waals surface area (Å²) in [7, 11) is 1.63. The van der Waals surface area contributed by atoms with Crippen LogP contribution < -0.4 is 0 Å². The van der Waals surface area contributed by atoms with E-state index in [1.165, 1.54) is 69.1 Å². The first-order valence-corrected chi connectivity index (χ1v) is 13.5. The SMILES string of the molecule is CCCCCCCCCCCCCCOC(=O)C(C(C)C)N(C)C(=O)OCCCCCC. The number of rotatable bonds is 21. The predicted octanol–water partition coefficient (Wildman–Crippen LogP) is 7.90. The molecule has 0 aliphatic heterocycles. The number of hydrogen-bond acceptors (Lipinski definition) is 4. The molecular formula is C27H53NO4. The summed E-state index contributed by atoms with van der Waals surface area (Å²) < 4.78 is 10.8. The van der Waals surface area contributed by atoms with Gasteiger partial charge < -0.3 is 9.47 Å². The van der Waals surface area contributed by atoms with Gasteiger partial charge in [0.15, 0.2) is 0 Å². The number of nitrogens with zero attached hydrogens (tertiary/aromatic N) is 1. The number of esters is 1. The van der Waals surface area contributed by atoms with Crippen LogP contribution in [-0.2, 0) is 14.3 Å². The molecule has 0 aliphatic rings. The van der Waals surface area contributed by atoms with Gasteiger partial charge in [0.2, 0.25) is 0 Å². The standard InChI is InChI=1S/C27H53NO4/c1-6-8-10-12-13-14-15-16-17-18-19-21-22-31-26(29)25(24(3)4)28(5)27(30)32-23-20-11-9-7-2/h24-25H,6-23H2,1-5H3. The Kier molecular flexibility index (Phi) is 20.7. The molecule has 0 N–H and O–H groups in total. The Hall–Kier alpha value is -1.26. The molecule has 0 spiro atoms. The van der Waals surface area contributed by atoms with E-state index < -0.39 is 12.1 Å². The Morgan fingerprint density at radius 1 is 0.625 bits per heavy atom. The van der Waals surface area contributed by atoms with Crippen LogP contribution in [0.1, 0.15) is 130 Å². The summed E-state index contributed by atoms with van der Waals surface area (Å²) in [5, 5.41) is 0. The third-order valence-electron chi connectivity index (χ3n) is 6.04. The molecule has 0 aliphatic carbocycles. The molecule has 190 valence electrons. The second-order valence-electron chi connectivity index (χ2n) is 9.53. The highest BCUT2D eigenvalue weighted by Crippen LogP contribution is 2.15. The van der Waals surface area contributed by atoms with Gasteiger partial charge in [-0.25, -0.2) is 9.59 Å². The second kappa shape index (κ2) is 21.6. The van der Waals surface area contributed by atoms with Gasteiger partial charge >= 0.3 is 12.1 Å². The van der Waals surface area contributed by atoms with E-state index in [2.05, 4.69) is 13.8 Å². The van der Waals surface area contributed by atoms with E-state index in [9.17, 15) is 9.59 Å². The van der Waals surface area contributed by atoms with Crippen molar-refractivity contribution in [3.05, 3.63) is 0 Å². The Morgan fingerprint density at radius 2 is 1.00 bits per heavy atom. The molecule has 1 amide bonds. The Labute approximate surface area is 199 Å². The molecule has 5 heteroatoms. The molecule has 0 aromatic carbocycles. The van der Waals surface area contributed by atoms with Crippen LogP contribution in [0.4, 0.5) is 4.79 Å². The molecule has 0 rings (SSSR count). The molecule has 0 saturated carbocycles. The first kappa shape index (κ1) is 30.7. The van der Waals surface area contributed by atoms with Crippen molar-refractivity contribution >= 4 is 12.1 Å². The molecule has 5 nitrogen and oxygen atoms in total. The zero-order chi connectivity index (χ0) is 24.0. The van der Waals surface area contributed by atoms with Crippen LogP contribution in [0.3, 0.4) is 0 Å². The number of carbonyl (C=O) groups is 2. The van der Waals surface area contributed by atoms with Gasteiger partial charge in [-0.15, -0.1) is 0 Å². The van der Waals surface area contributed by atoms with E-state index >= 15 is 0 Å². The molecule has 0 aromatic heterocycles. The third-order valence-corrected chi connectivity index (χ3v) is 6.04. The van der Waals surface area contributed by atoms with Crippen molar-refractivity contribution in [2.75, 3.05) is 20.3 Å². The van der Waals surface area contributed by atoms with E-state index in [1.807, 2.05) is 13.8 Å². The number of amides is 1. The van der Waals surface area contributed by atoms with Crippen molar-refractivity contribution < 1.29 is 19.1 Å². The second-order valence-corrected chi connectivity index (χ2v) is 9.53. The van der Waals surface area contributed by atoms with Crippen molar-refractivity contribution in [1.82, 2.24) is 4.90 Å².